The van der Waals surface area contributed by atoms with E-state index in [1.165, 1.54) is 0 Å². The van der Waals surface area contributed by atoms with Gasteiger partial charge >= 0.3 is 6.09 Å². The van der Waals surface area contributed by atoms with Gasteiger partial charge in [0, 0.05) is 12.6 Å². The molecule has 1 heterocycles. The third kappa shape index (κ3) is 2.67. The Morgan fingerprint density at radius 2 is 2.41 bits per heavy atom. The molecule has 0 N–H and O–H groups in total. The molecule has 5 heteroatoms. The molecule has 17 heavy (non-hydrogen) atoms. The maximum atomic E-state index is 11.5. The fourth-order valence-corrected chi connectivity index (χ4v) is 1.64. The van der Waals surface area contributed by atoms with E-state index in [2.05, 4.69) is 0 Å². The normalized spacial score (nSPS) is 15.0. The molecule has 0 saturated carbocycles. The first-order valence-electron chi connectivity index (χ1n) is 5.35. The number of hydrogen-bond acceptors (Lipinski definition) is 4. The quantitative estimate of drug-likeness (QED) is 0.798. The highest BCUT2D eigenvalue weighted by Crippen LogP contribution is 2.23. The first kappa shape index (κ1) is 11.3. The molecular formula is C12H12N2O3. The standard InChI is InChI=1S/C12H12N2O3/c13-5-8-16-11-4-1-3-10(9-11)14-6-2-7-17-12(14)15/h1,3-4,9H,2,6-8H2. The number of ether oxygens (including phenoxy) is 2. The Hall–Kier alpha value is -2.22. The monoisotopic (exact) mass is 232 g/mol. The minimum atomic E-state index is -0.339. The van der Waals surface area contributed by atoms with Crippen molar-refractivity contribution in [2.24, 2.45) is 0 Å². The van der Waals surface area contributed by atoms with E-state index in [-0.39, 0.29) is 12.7 Å². The minimum Gasteiger partial charge on any atom is -0.479 e. The average molecular weight is 232 g/mol. The zero-order valence-electron chi connectivity index (χ0n) is 9.26. The van der Waals surface area contributed by atoms with Crippen LogP contribution in [0.5, 0.6) is 5.75 Å². The molecule has 0 spiro atoms. The van der Waals surface area contributed by atoms with E-state index in [1.54, 1.807) is 23.1 Å². The number of nitriles is 1. The summed E-state index contributed by atoms with van der Waals surface area (Å²) in [7, 11) is 0. The largest absolute Gasteiger partial charge is 0.479 e. The van der Waals surface area contributed by atoms with Crippen LogP contribution in [0.1, 0.15) is 6.42 Å². The zero-order chi connectivity index (χ0) is 12.1. The molecule has 0 atom stereocenters. The van der Waals surface area contributed by atoms with Crippen LogP contribution >= 0.6 is 0 Å². The van der Waals surface area contributed by atoms with Crippen molar-refractivity contribution >= 4 is 11.8 Å². The van der Waals surface area contributed by atoms with Crippen molar-refractivity contribution in [1.29, 1.82) is 5.26 Å². The highest BCUT2D eigenvalue weighted by Gasteiger charge is 2.21. The lowest BCUT2D eigenvalue weighted by Crippen LogP contribution is -2.37. The number of rotatable bonds is 3. The predicted molar refractivity (Wildman–Crippen MR) is 60.9 cm³/mol. The van der Waals surface area contributed by atoms with Gasteiger partial charge in [0.05, 0.1) is 12.3 Å². The highest BCUT2D eigenvalue weighted by molar-refractivity contribution is 5.88. The Bertz CT molecular complexity index is 453. The van der Waals surface area contributed by atoms with Gasteiger partial charge < -0.3 is 9.47 Å². The zero-order valence-corrected chi connectivity index (χ0v) is 9.26. The van der Waals surface area contributed by atoms with Crippen LogP contribution in [0.2, 0.25) is 0 Å². The lowest BCUT2D eigenvalue weighted by molar-refractivity contribution is 0.140. The van der Waals surface area contributed by atoms with Crippen molar-refractivity contribution in [3.05, 3.63) is 24.3 Å². The first-order valence-corrected chi connectivity index (χ1v) is 5.35. The maximum Gasteiger partial charge on any atom is 0.414 e. The van der Waals surface area contributed by atoms with Gasteiger partial charge in [0.1, 0.15) is 11.8 Å². The van der Waals surface area contributed by atoms with Crippen LogP contribution in [0.25, 0.3) is 0 Å². The second kappa shape index (κ2) is 5.21. The molecule has 0 unspecified atom stereocenters. The summed E-state index contributed by atoms with van der Waals surface area (Å²) in [4.78, 5) is 13.1. The van der Waals surface area contributed by atoms with Gasteiger partial charge in [-0.2, -0.15) is 5.26 Å². The van der Waals surface area contributed by atoms with E-state index >= 15 is 0 Å². The number of carbonyl (C=O) groups is 1. The SMILES string of the molecule is N#CCOc1cccc(N2CCCOC2=O)c1. The van der Waals surface area contributed by atoms with Crippen LogP contribution in [0.3, 0.4) is 0 Å². The van der Waals surface area contributed by atoms with Crippen LogP contribution in [-0.4, -0.2) is 25.9 Å². The number of nitrogens with zero attached hydrogens (tertiary/aromatic N) is 2. The molecule has 0 radical (unpaired) electrons. The van der Waals surface area contributed by atoms with Gasteiger partial charge in [-0.3, -0.25) is 4.90 Å². The van der Waals surface area contributed by atoms with Crippen LogP contribution in [0, 0.1) is 11.3 Å². The summed E-state index contributed by atoms with van der Waals surface area (Å²) < 4.78 is 10.1. The summed E-state index contributed by atoms with van der Waals surface area (Å²) in [5, 5.41) is 8.43. The third-order valence-electron chi connectivity index (χ3n) is 2.40. The van der Waals surface area contributed by atoms with Gasteiger partial charge in [0.15, 0.2) is 6.61 Å². The van der Waals surface area contributed by atoms with Crippen molar-refractivity contribution in [3.63, 3.8) is 0 Å². The summed E-state index contributed by atoms with van der Waals surface area (Å²) in [5.74, 6) is 0.572. The molecule has 0 bridgehead atoms. The number of hydrogen-bond donors (Lipinski definition) is 0. The Morgan fingerprint density at radius 3 is 3.18 bits per heavy atom. The van der Waals surface area contributed by atoms with Gasteiger partial charge in [0.2, 0.25) is 0 Å². The molecule has 1 aromatic rings. The highest BCUT2D eigenvalue weighted by atomic mass is 16.6. The van der Waals surface area contributed by atoms with Gasteiger partial charge in [-0.05, 0) is 18.6 Å². The summed E-state index contributed by atoms with van der Waals surface area (Å²) in [6.45, 7) is 1.11. The molecule has 1 aromatic carbocycles. The maximum absolute atomic E-state index is 11.5. The molecule has 1 aliphatic rings. The minimum absolute atomic E-state index is 0.00605. The van der Waals surface area contributed by atoms with E-state index in [1.807, 2.05) is 12.1 Å². The topological polar surface area (TPSA) is 62.6 Å². The molecule has 5 nitrogen and oxygen atoms in total. The molecular weight excluding hydrogens is 220 g/mol. The van der Waals surface area contributed by atoms with Gasteiger partial charge in [-0.25, -0.2) is 4.79 Å². The smallest absolute Gasteiger partial charge is 0.414 e. The van der Waals surface area contributed by atoms with Crippen LogP contribution in [-0.2, 0) is 4.74 Å². The molecule has 1 aliphatic heterocycles. The molecule has 0 aliphatic carbocycles. The van der Waals surface area contributed by atoms with Gasteiger partial charge in [-0.1, -0.05) is 6.07 Å². The fourth-order valence-electron chi connectivity index (χ4n) is 1.64. The summed E-state index contributed by atoms with van der Waals surface area (Å²) >= 11 is 0. The van der Waals surface area contributed by atoms with Crippen LogP contribution in [0.4, 0.5) is 10.5 Å². The molecule has 1 amide bonds. The lowest BCUT2D eigenvalue weighted by atomic mass is 10.2. The molecule has 1 fully saturated rings. The summed E-state index contributed by atoms with van der Waals surface area (Å²) in [5.41, 5.74) is 0.727. The van der Waals surface area contributed by atoms with Gasteiger partial charge in [0.25, 0.3) is 0 Å². The van der Waals surface area contributed by atoms with Crippen molar-refractivity contribution in [2.75, 3.05) is 24.7 Å². The van der Waals surface area contributed by atoms with E-state index in [9.17, 15) is 4.79 Å². The summed E-state index contributed by atoms with van der Waals surface area (Å²) in [6.07, 6.45) is 0.475. The third-order valence-corrected chi connectivity index (χ3v) is 2.40. The Labute approximate surface area is 99.2 Å². The van der Waals surface area contributed by atoms with Crippen LogP contribution in [0.15, 0.2) is 24.3 Å². The van der Waals surface area contributed by atoms with Crippen molar-refractivity contribution < 1.29 is 14.3 Å². The number of cyclic esters (lactones) is 1. The number of carbonyl (C=O) groups excluding carboxylic acids is 1. The van der Waals surface area contributed by atoms with Crippen molar-refractivity contribution in [2.45, 2.75) is 6.42 Å². The lowest BCUT2D eigenvalue weighted by Gasteiger charge is -2.26. The number of anilines is 1. The second-order valence-electron chi connectivity index (χ2n) is 3.56. The summed E-state index contributed by atoms with van der Waals surface area (Å²) in [6, 6.07) is 8.96. The predicted octanol–water partition coefficient (Wildman–Crippen LogP) is 1.94. The molecule has 1 saturated heterocycles. The first-order chi connectivity index (χ1) is 8.31. The Balaban J connectivity index is 2.14. The van der Waals surface area contributed by atoms with E-state index < -0.39 is 0 Å². The Morgan fingerprint density at radius 1 is 1.53 bits per heavy atom. The van der Waals surface area contributed by atoms with E-state index in [0.29, 0.717) is 18.9 Å². The molecule has 0 aromatic heterocycles. The number of benzene rings is 1. The average Bonchev–Trinajstić information content (AvgIpc) is 2.37. The van der Waals surface area contributed by atoms with Crippen molar-refractivity contribution in [1.82, 2.24) is 0 Å². The van der Waals surface area contributed by atoms with E-state index in [4.69, 9.17) is 14.7 Å². The molecule has 2 rings (SSSR count). The van der Waals surface area contributed by atoms with Crippen molar-refractivity contribution in [3.8, 4) is 11.8 Å². The van der Waals surface area contributed by atoms with Crippen LogP contribution < -0.4 is 9.64 Å². The Kier molecular flexibility index (Phi) is 3.46. The van der Waals surface area contributed by atoms with Gasteiger partial charge in [-0.15, -0.1) is 0 Å². The molecule has 88 valence electrons. The van der Waals surface area contributed by atoms with E-state index in [0.717, 1.165) is 12.1 Å². The number of amides is 1. The second-order valence-corrected chi connectivity index (χ2v) is 3.56. The fraction of sp³-hybridized carbons (Fsp3) is 0.333.